The molecule has 2 aliphatic carbocycles. The van der Waals surface area contributed by atoms with Crippen LogP contribution in [0, 0.1) is 45.0 Å². The van der Waals surface area contributed by atoms with Crippen molar-refractivity contribution >= 4 is 0 Å². The molecule has 0 saturated carbocycles. The van der Waals surface area contributed by atoms with Crippen LogP contribution in [-0.2, 0) is 14.2 Å². The van der Waals surface area contributed by atoms with E-state index in [0.717, 1.165) is 49.9 Å². The van der Waals surface area contributed by atoms with Crippen LogP contribution in [0.4, 0.5) is 0 Å². The molecule has 0 bridgehead atoms. The zero-order valence-electron chi connectivity index (χ0n) is 13.5. The molecule has 22 heavy (non-hydrogen) atoms. The first kappa shape index (κ1) is 22.2. The predicted molar refractivity (Wildman–Crippen MR) is 81.5 cm³/mol. The van der Waals surface area contributed by atoms with Gasteiger partial charge >= 0.3 is 31.1 Å². The van der Waals surface area contributed by atoms with Gasteiger partial charge < -0.3 is 33.2 Å². The Kier molecular flexibility index (Phi) is 11.8. The largest absolute Gasteiger partial charge is 2.00 e. The summed E-state index contributed by atoms with van der Waals surface area (Å²) in [7, 11) is 1.41. The third kappa shape index (κ3) is 7.16. The quantitative estimate of drug-likeness (QED) is 0.311. The Morgan fingerprint density at radius 2 is 2.14 bits per heavy atom. The van der Waals surface area contributed by atoms with Gasteiger partial charge in [0, 0.05) is 7.11 Å². The first-order chi connectivity index (χ1) is 9.69. The zero-order valence-corrected chi connectivity index (χ0v) is 17.6. The van der Waals surface area contributed by atoms with Gasteiger partial charge in [-0.2, -0.15) is 12.8 Å². The molecule has 124 valence electrons. The first-order valence-electron chi connectivity index (χ1n) is 7.17. The standard InChI is InChI=1S/C15H24NO4.CH3.U/c1-18-15(17)20-13-9-7-11(8-10-13)14(16)19-12-5-3-2-4-6-12;;/h2,5,7,13-15,17H,3-4,6,8-10,16H2,1H3;1H3;/q2*-1;+2. The molecule has 0 fully saturated rings. The second-order valence-electron chi connectivity index (χ2n) is 5.13. The summed E-state index contributed by atoms with van der Waals surface area (Å²) in [6.07, 6.45) is 11.3. The Bertz CT molecular complexity index is 373. The average Bonchev–Trinajstić information content (AvgIpc) is 2.49. The number of hydrogen-bond acceptors (Lipinski definition) is 5. The molecular weight excluding hydrogens is 508 g/mol. The Morgan fingerprint density at radius 3 is 2.68 bits per heavy atom. The third-order valence-corrected chi connectivity index (χ3v) is 3.66. The van der Waals surface area contributed by atoms with Crippen molar-refractivity contribution in [3.05, 3.63) is 37.3 Å². The van der Waals surface area contributed by atoms with E-state index in [1.807, 2.05) is 0 Å². The molecule has 3 atom stereocenters. The van der Waals surface area contributed by atoms with E-state index in [-0.39, 0.29) is 50.9 Å². The van der Waals surface area contributed by atoms with Crippen molar-refractivity contribution in [1.29, 1.82) is 0 Å². The maximum atomic E-state index is 9.28. The average molecular weight is 535 g/mol. The van der Waals surface area contributed by atoms with Gasteiger partial charge in [0.15, 0.2) is 6.23 Å². The van der Waals surface area contributed by atoms with E-state index in [0.29, 0.717) is 0 Å². The molecule has 0 aromatic carbocycles. The topological polar surface area (TPSA) is 73.9 Å². The van der Waals surface area contributed by atoms with Crippen molar-refractivity contribution in [2.45, 2.75) is 57.3 Å². The Hall–Kier alpha value is 0.172. The minimum Gasteiger partial charge on any atom is -0.477 e. The van der Waals surface area contributed by atoms with Gasteiger partial charge in [-0.15, -0.1) is 0 Å². The van der Waals surface area contributed by atoms with Gasteiger partial charge in [-0.25, -0.2) is 0 Å². The van der Waals surface area contributed by atoms with E-state index in [4.69, 9.17) is 15.2 Å². The van der Waals surface area contributed by atoms with Crippen molar-refractivity contribution in [1.82, 2.24) is 0 Å². The van der Waals surface area contributed by atoms with Crippen molar-refractivity contribution in [3.63, 3.8) is 0 Å². The summed E-state index contributed by atoms with van der Waals surface area (Å²) < 4.78 is 15.8. The van der Waals surface area contributed by atoms with Crippen LogP contribution >= 0.6 is 0 Å². The molecule has 0 aromatic rings. The van der Waals surface area contributed by atoms with Gasteiger partial charge in [-0.1, -0.05) is 12.2 Å². The van der Waals surface area contributed by atoms with E-state index < -0.39 is 6.48 Å². The van der Waals surface area contributed by atoms with E-state index in [9.17, 15) is 5.11 Å². The normalized spacial score (nSPS) is 24.0. The van der Waals surface area contributed by atoms with Crippen LogP contribution in [-0.4, -0.2) is 31.0 Å². The monoisotopic (exact) mass is 535 g/mol. The molecule has 3 N–H and O–H groups in total. The van der Waals surface area contributed by atoms with Gasteiger partial charge in [0.25, 0.3) is 6.48 Å². The van der Waals surface area contributed by atoms with Crippen molar-refractivity contribution in [2.75, 3.05) is 7.11 Å². The second kappa shape index (κ2) is 11.7. The first-order valence-corrected chi connectivity index (χ1v) is 7.17. The summed E-state index contributed by atoms with van der Waals surface area (Å²) in [5.74, 6) is 0.995. The van der Waals surface area contributed by atoms with E-state index in [1.165, 1.54) is 7.11 Å². The summed E-state index contributed by atoms with van der Waals surface area (Å²) in [4.78, 5) is 0. The molecule has 0 radical (unpaired) electrons. The molecule has 5 nitrogen and oxygen atoms in total. The number of rotatable bonds is 6. The maximum absolute atomic E-state index is 9.28. The van der Waals surface area contributed by atoms with Crippen LogP contribution in [0.15, 0.2) is 23.5 Å². The summed E-state index contributed by atoms with van der Waals surface area (Å²) in [5.41, 5.74) is 7.20. The van der Waals surface area contributed by atoms with Crippen molar-refractivity contribution < 1.29 is 50.4 Å². The van der Waals surface area contributed by atoms with E-state index in [1.54, 1.807) is 0 Å². The van der Waals surface area contributed by atoms with Gasteiger partial charge in [-0.3, -0.25) is 5.73 Å². The maximum Gasteiger partial charge on any atom is 2.00 e. The smallest absolute Gasteiger partial charge is 0.477 e. The van der Waals surface area contributed by atoms with Gasteiger partial charge in [-0.05, 0) is 31.3 Å². The second-order valence-corrected chi connectivity index (χ2v) is 5.13. The summed E-state index contributed by atoms with van der Waals surface area (Å²) in [6.45, 7) is -1.15. The molecular formula is C16H27NO4U. The van der Waals surface area contributed by atoms with E-state index >= 15 is 0 Å². The third-order valence-electron chi connectivity index (χ3n) is 3.66. The molecule has 0 saturated heterocycles. The van der Waals surface area contributed by atoms with Gasteiger partial charge in [0.05, 0.1) is 11.9 Å². The van der Waals surface area contributed by atoms with Crippen LogP contribution in [0.5, 0.6) is 0 Å². The van der Waals surface area contributed by atoms with Gasteiger partial charge in [0.2, 0.25) is 0 Å². The SMILES string of the molecule is COC(O)OC1CC=C(C(N)OC2=CC[CH-]CC2)CC1.[CH3-].[U+2]. The predicted octanol–water partition coefficient (Wildman–Crippen LogP) is 2.43. The summed E-state index contributed by atoms with van der Waals surface area (Å²) in [5, 5.41) is 9.28. The molecule has 2 aliphatic rings. The summed E-state index contributed by atoms with van der Waals surface area (Å²) in [6, 6.07) is 0. The molecule has 2 rings (SSSR count). The Balaban J connectivity index is 0.00000220. The van der Waals surface area contributed by atoms with E-state index in [2.05, 4.69) is 23.3 Å². The molecule has 0 heterocycles. The molecule has 0 aliphatic heterocycles. The molecule has 3 unspecified atom stereocenters. The molecule has 6 heteroatoms. The Morgan fingerprint density at radius 1 is 1.36 bits per heavy atom. The number of methoxy groups -OCH3 is 1. The fourth-order valence-corrected chi connectivity index (χ4v) is 2.46. The van der Waals surface area contributed by atoms with Crippen LogP contribution in [0.3, 0.4) is 0 Å². The van der Waals surface area contributed by atoms with Crippen LogP contribution in [0.2, 0.25) is 0 Å². The molecule has 0 amide bonds. The number of nitrogens with two attached hydrogens (primary N) is 1. The Labute approximate surface area is 157 Å². The number of allylic oxidation sites excluding steroid dienone is 2. The van der Waals surface area contributed by atoms with Crippen LogP contribution in [0.25, 0.3) is 0 Å². The fraction of sp³-hybridized carbons (Fsp3) is 0.625. The minimum atomic E-state index is -1.15. The number of ether oxygens (including phenoxy) is 3. The number of aliphatic hydroxyl groups is 1. The number of hydrogen-bond donors (Lipinski definition) is 2. The van der Waals surface area contributed by atoms with Crippen LogP contribution in [0.1, 0.15) is 38.5 Å². The fourth-order valence-electron chi connectivity index (χ4n) is 2.46. The molecule has 0 spiro atoms. The summed E-state index contributed by atoms with van der Waals surface area (Å²) >= 11 is 0. The van der Waals surface area contributed by atoms with Crippen molar-refractivity contribution in [3.8, 4) is 0 Å². The van der Waals surface area contributed by atoms with Crippen molar-refractivity contribution in [2.24, 2.45) is 5.73 Å². The zero-order chi connectivity index (χ0) is 14.4. The minimum absolute atomic E-state index is 0. The molecule has 0 aromatic heterocycles. The van der Waals surface area contributed by atoms with Crippen LogP contribution < -0.4 is 5.73 Å². The van der Waals surface area contributed by atoms with Gasteiger partial charge in [0.1, 0.15) is 0 Å². The number of aliphatic hydroxyl groups excluding tert-OH is 1.